The zero-order valence-electron chi connectivity index (χ0n) is 10.4. The molecule has 5 heteroatoms. The van der Waals surface area contributed by atoms with Crippen LogP contribution in [-0.2, 0) is 17.3 Å². The summed E-state index contributed by atoms with van der Waals surface area (Å²) < 4.78 is 42.5. The summed E-state index contributed by atoms with van der Waals surface area (Å²) in [7, 11) is 0. The molecule has 1 heterocycles. The lowest BCUT2D eigenvalue weighted by atomic mass is 9.96. The van der Waals surface area contributed by atoms with E-state index in [1.807, 2.05) is 0 Å². The number of halogens is 3. The van der Waals surface area contributed by atoms with Crippen LogP contribution in [0.25, 0.3) is 0 Å². The second-order valence-corrected chi connectivity index (χ2v) is 4.67. The fourth-order valence-corrected chi connectivity index (χ4v) is 2.07. The van der Waals surface area contributed by atoms with E-state index in [0.717, 1.165) is 36.1 Å². The number of nitrogens with two attached hydrogens (primary N) is 1. The predicted octanol–water partition coefficient (Wildman–Crippen LogP) is 3.27. The Kier molecular flexibility index (Phi) is 4.14. The van der Waals surface area contributed by atoms with E-state index in [9.17, 15) is 13.2 Å². The van der Waals surface area contributed by atoms with Gasteiger partial charge in [0.25, 0.3) is 0 Å². The highest BCUT2D eigenvalue weighted by atomic mass is 19.4. The summed E-state index contributed by atoms with van der Waals surface area (Å²) in [5.74, 6) is 0. The summed E-state index contributed by atoms with van der Waals surface area (Å²) in [6.07, 6.45) is -0.264. The maximum absolute atomic E-state index is 12.4. The summed E-state index contributed by atoms with van der Waals surface area (Å²) in [6, 6.07) is 4.94. The standard InChI is InChI=1S/C14H16F3NO/c15-14(16,17)12-5-3-10(4-6-12)8-13(18)11-2-1-7-19-9-11/h3-6,9,13H,1-2,7-8,18H2. The maximum Gasteiger partial charge on any atom is 0.416 e. The van der Waals surface area contributed by atoms with Crippen molar-refractivity contribution in [2.24, 2.45) is 5.73 Å². The molecule has 1 unspecified atom stereocenters. The van der Waals surface area contributed by atoms with Crippen LogP contribution in [-0.4, -0.2) is 12.6 Å². The van der Waals surface area contributed by atoms with Crippen molar-refractivity contribution >= 4 is 0 Å². The second kappa shape index (κ2) is 5.65. The van der Waals surface area contributed by atoms with Crippen LogP contribution in [0.1, 0.15) is 24.0 Å². The number of benzene rings is 1. The highest BCUT2D eigenvalue weighted by Gasteiger charge is 2.30. The molecule has 1 aromatic rings. The van der Waals surface area contributed by atoms with Crippen molar-refractivity contribution in [3.05, 3.63) is 47.2 Å². The lowest BCUT2D eigenvalue weighted by molar-refractivity contribution is -0.137. The van der Waals surface area contributed by atoms with Gasteiger partial charge in [0.2, 0.25) is 0 Å². The van der Waals surface area contributed by atoms with Gasteiger partial charge in [-0.1, -0.05) is 12.1 Å². The van der Waals surface area contributed by atoms with E-state index in [4.69, 9.17) is 10.5 Å². The van der Waals surface area contributed by atoms with E-state index in [1.54, 1.807) is 6.26 Å². The predicted molar refractivity (Wildman–Crippen MR) is 66.4 cm³/mol. The van der Waals surface area contributed by atoms with Crippen molar-refractivity contribution in [3.63, 3.8) is 0 Å². The summed E-state index contributed by atoms with van der Waals surface area (Å²) in [5, 5.41) is 0. The summed E-state index contributed by atoms with van der Waals surface area (Å²) in [6.45, 7) is 0.705. The lowest BCUT2D eigenvalue weighted by Gasteiger charge is -2.20. The van der Waals surface area contributed by atoms with Crippen LogP contribution in [0.4, 0.5) is 13.2 Å². The van der Waals surface area contributed by atoms with Crippen molar-refractivity contribution in [1.82, 2.24) is 0 Å². The molecule has 0 aromatic heterocycles. The Bertz CT molecular complexity index is 451. The minimum absolute atomic E-state index is 0.197. The molecule has 0 spiro atoms. The van der Waals surface area contributed by atoms with Gasteiger partial charge in [-0.25, -0.2) is 0 Å². The van der Waals surface area contributed by atoms with Crippen LogP contribution in [0.2, 0.25) is 0 Å². The Morgan fingerprint density at radius 1 is 1.21 bits per heavy atom. The highest BCUT2D eigenvalue weighted by molar-refractivity contribution is 5.26. The molecule has 0 bridgehead atoms. The van der Waals surface area contributed by atoms with Gasteiger partial charge < -0.3 is 10.5 Å². The third kappa shape index (κ3) is 3.73. The Morgan fingerprint density at radius 2 is 1.89 bits per heavy atom. The fraction of sp³-hybridized carbons (Fsp3) is 0.429. The molecule has 2 nitrogen and oxygen atoms in total. The van der Waals surface area contributed by atoms with Gasteiger partial charge in [0.05, 0.1) is 18.4 Å². The second-order valence-electron chi connectivity index (χ2n) is 4.67. The first-order valence-electron chi connectivity index (χ1n) is 6.19. The summed E-state index contributed by atoms with van der Waals surface area (Å²) in [4.78, 5) is 0. The largest absolute Gasteiger partial charge is 0.501 e. The van der Waals surface area contributed by atoms with Gasteiger partial charge >= 0.3 is 6.18 Å². The Hall–Kier alpha value is -1.49. The van der Waals surface area contributed by atoms with E-state index < -0.39 is 11.7 Å². The zero-order chi connectivity index (χ0) is 13.9. The van der Waals surface area contributed by atoms with Gasteiger partial charge in [0.15, 0.2) is 0 Å². The van der Waals surface area contributed by atoms with E-state index >= 15 is 0 Å². The number of rotatable bonds is 3. The highest BCUT2D eigenvalue weighted by Crippen LogP contribution is 2.29. The molecule has 104 valence electrons. The van der Waals surface area contributed by atoms with Gasteiger partial charge in [-0.15, -0.1) is 0 Å². The van der Waals surface area contributed by atoms with E-state index in [2.05, 4.69) is 0 Å². The van der Waals surface area contributed by atoms with E-state index in [1.165, 1.54) is 12.1 Å². The first-order chi connectivity index (χ1) is 8.97. The average Bonchev–Trinajstić information content (AvgIpc) is 2.39. The first-order valence-corrected chi connectivity index (χ1v) is 6.19. The van der Waals surface area contributed by atoms with Crippen molar-refractivity contribution in [1.29, 1.82) is 0 Å². The summed E-state index contributed by atoms with van der Waals surface area (Å²) in [5.41, 5.74) is 7.22. The van der Waals surface area contributed by atoms with Crippen LogP contribution in [0.3, 0.4) is 0 Å². The van der Waals surface area contributed by atoms with Gasteiger partial charge in [0.1, 0.15) is 0 Å². The Balaban J connectivity index is 2.01. The molecule has 1 aliphatic heterocycles. The SMILES string of the molecule is NC(Cc1ccc(C(F)(F)F)cc1)C1=COCCC1. The van der Waals surface area contributed by atoms with Crippen LogP contribution >= 0.6 is 0 Å². The molecule has 0 amide bonds. The molecule has 1 aliphatic rings. The smallest absolute Gasteiger partial charge is 0.416 e. The van der Waals surface area contributed by atoms with Crippen molar-refractivity contribution in [2.75, 3.05) is 6.61 Å². The monoisotopic (exact) mass is 271 g/mol. The van der Waals surface area contributed by atoms with Crippen molar-refractivity contribution < 1.29 is 17.9 Å². The zero-order valence-corrected chi connectivity index (χ0v) is 10.4. The fourth-order valence-electron chi connectivity index (χ4n) is 2.07. The molecule has 2 rings (SSSR count). The molecule has 0 aliphatic carbocycles. The quantitative estimate of drug-likeness (QED) is 0.915. The van der Waals surface area contributed by atoms with Gasteiger partial charge in [-0.2, -0.15) is 13.2 Å². The maximum atomic E-state index is 12.4. The first kappa shape index (κ1) is 13.9. The molecular weight excluding hydrogens is 255 g/mol. The molecule has 0 radical (unpaired) electrons. The number of ether oxygens (including phenoxy) is 1. The van der Waals surface area contributed by atoms with Crippen molar-refractivity contribution in [3.8, 4) is 0 Å². The molecular formula is C14H16F3NO. The Labute approximate surface area is 110 Å². The molecule has 2 N–H and O–H groups in total. The number of alkyl halides is 3. The number of hydrogen-bond donors (Lipinski definition) is 1. The van der Waals surface area contributed by atoms with Crippen LogP contribution in [0, 0.1) is 0 Å². The molecule has 0 fully saturated rings. The van der Waals surface area contributed by atoms with Crippen LogP contribution in [0.5, 0.6) is 0 Å². The minimum Gasteiger partial charge on any atom is -0.501 e. The molecule has 0 saturated carbocycles. The summed E-state index contributed by atoms with van der Waals surface area (Å²) >= 11 is 0. The van der Waals surface area contributed by atoms with Gasteiger partial charge in [0, 0.05) is 6.04 Å². The van der Waals surface area contributed by atoms with E-state index in [-0.39, 0.29) is 6.04 Å². The molecule has 19 heavy (non-hydrogen) atoms. The van der Waals surface area contributed by atoms with Crippen molar-refractivity contribution in [2.45, 2.75) is 31.5 Å². The van der Waals surface area contributed by atoms with Crippen LogP contribution < -0.4 is 5.73 Å². The third-order valence-corrected chi connectivity index (χ3v) is 3.18. The van der Waals surface area contributed by atoms with Gasteiger partial charge in [-0.3, -0.25) is 0 Å². The normalized spacial score (nSPS) is 17.6. The topological polar surface area (TPSA) is 35.2 Å². The minimum atomic E-state index is -4.29. The molecule has 1 atom stereocenters. The average molecular weight is 271 g/mol. The Morgan fingerprint density at radius 3 is 2.42 bits per heavy atom. The number of hydrogen-bond acceptors (Lipinski definition) is 2. The lowest BCUT2D eigenvalue weighted by Crippen LogP contribution is -2.27. The molecule has 1 aromatic carbocycles. The van der Waals surface area contributed by atoms with E-state index in [0.29, 0.717) is 13.0 Å². The van der Waals surface area contributed by atoms with Gasteiger partial charge in [-0.05, 0) is 42.5 Å². The van der Waals surface area contributed by atoms with Crippen LogP contribution in [0.15, 0.2) is 36.1 Å². The third-order valence-electron chi connectivity index (χ3n) is 3.18. The molecule has 0 saturated heterocycles.